The maximum Gasteiger partial charge on any atom is 0.226 e. The fraction of sp³-hybridized carbons (Fsp3) is 0.360. The molecule has 2 aliphatic rings. The Morgan fingerprint density at radius 2 is 2.15 bits per heavy atom. The third-order valence-corrected chi connectivity index (χ3v) is 7.58. The number of hydrogen-bond donors (Lipinski definition) is 2. The van der Waals surface area contributed by atoms with E-state index in [2.05, 4.69) is 49.9 Å². The summed E-state index contributed by atoms with van der Waals surface area (Å²) in [6.07, 6.45) is 10.7. The molecule has 1 unspecified atom stereocenters. The summed E-state index contributed by atoms with van der Waals surface area (Å²) in [5, 5.41) is 4.52. The van der Waals surface area contributed by atoms with Crippen molar-refractivity contribution in [1.82, 2.24) is 24.6 Å². The Balaban J connectivity index is 1.46. The molecule has 1 fully saturated rings. The number of fused-ring (bicyclic) bond motifs is 2. The van der Waals surface area contributed by atoms with E-state index in [4.69, 9.17) is 25.8 Å². The number of H-pyrrole nitrogens is 1. The van der Waals surface area contributed by atoms with Gasteiger partial charge in [-0.05, 0) is 42.0 Å². The van der Waals surface area contributed by atoms with Crippen molar-refractivity contribution >= 4 is 24.0 Å². The van der Waals surface area contributed by atoms with Gasteiger partial charge in [-0.3, -0.25) is 4.98 Å². The summed E-state index contributed by atoms with van der Waals surface area (Å²) in [6.45, 7) is 2.67. The fourth-order valence-electron chi connectivity index (χ4n) is 4.97. The number of nitrogens with one attached hydrogen (secondary N) is 2. The highest BCUT2D eigenvalue weighted by atomic mass is 35.5. The number of nitrogens with zero attached hydrogens (tertiary/aromatic N) is 3. The first-order valence-corrected chi connectivity index (χ1v) is 12.6. The molecule has 1 atom stereocenters. The van der Waals surface area contributed by atoms with Gasteiger partial charge in [0.15, 0.2) is 11.6 Å². The van der Waals surface area contributed by atoms with Gasteiger partial charge in [0.2, 0.25) is 5.02 Å². The molecule has 5 rings (SSSR count). The molecular weight excluding hydrogens is 470 g/mol. The maximum absolute atomic E-state index is 5.59. The molecule has 3 aromatic rings. The lowest BCUT2D eigenvalue weighted by atomic mass is 9.76. The zero-order chi connectivity index (χ0) is 23.3. The number of rotatable bonds is 8. The van der Waals surface area contributed by atoms with E-state index in [0.29, 0.717) is 5.92 Å². The van der Waals surface area contributed by atoms with Crippen molar-refractivity contribution in [1.29, 1.82) is 0 Å². The van der Waals surface area contributed by atoms with Crippen LogP contribution in [-0.2, 0) is 15.6 Å². The minimum atomic E-state index is 0.209. The Labute approximate surface area is 209 Å². The van der Waals surface area contributed by atoms with Crippen molar-refractivity contribution in [2.75, 3.05) is 26.7 Å². The number of benzene rings is 1. The van der Waals surface area contributed by atoms with Crippen LogP contribution in [0.25, 0.3) is 11.8 Å². The molecule has 1 aliphatic carbocycles. The Kier molecular flexibility index (Phi) is 7.51. The van der Waals surface area contributed by atoms with Crippen LogP contribution in [0.5, 0.6) is 0 Å². The summed E-state index contributed by atoms with van der Waals surface area (Å²) in [7, 11) is 1.53. The van der Waals surface area contributed by atoms with Gasteiger partial charge in [-0.1, -0.05) is 12.1 Å². The first kappa shape index (κ1) is 23.4. The van der Waals surface area contributed by atoms with Gasteiger partial charge in [0.05, 0.1) is 19.1 Å². The van der Waals surface area contributed by atoms with Crippen LogP contribution in [0.15, 0.2) is 49.1 Å². The molecule has 2 aromatic heterocycles. The largest absolute Gasteiger partial charge is 0.384 e. The number of piperidine rings is 1. The molecule has 1 aromatic carbocycles. The fourth-order valence-corrected chi connectivity index (χ4v) is 5.66. The molecular formula is C25H29ClN5O2S+. The lowest BCUT2D eigenvalue weighted by Crippen LogP contribution is -2.32. The zero-order valence-electron chi connectivity index (χ0n) is 19.1. The van der Waals surface area contributed by atoms with E-state index in [1.165, 1.54) is 30.5 Å². The van der Waals surface area contributed by atoms with Gasteiger partial charge in [0, 0.05) is 73.5 Å². The highest BCUT2D eigenvalue weighted by molar-refractivity contribution is 7.92. The van der Waals surface area contributed by atoms with Crippen LogP contribution in [0, 0.1) is 17.5 Å². The molecule has 0 bridgehead atoms. The minimum Gasteiger partial charge on any atom is -0.384 e. The molecule has 1 aliphatic heterocycles. The van der Waals surface area contributed by atoms with Gasteiger partial charge in [-0.15, -0.1) is 4.33 Å². The summed E-state index contributed by atoms with van der Waals surface area (Å²) >= 11 is 6.88. The molecule has 0 radical (unpaired) electrons. The van der Waals surface area contributed by atoms with Crippen LogP contribution in [-0.4, -0.2) is 46.0 Å². The molecule has 0 spiro atoms. The third kappa shape index (κ3) is 5.16. The molecule has 178 valence electrons. The van der Waals surface area contributed by atoms with E-state index in [1.54, 1.807) is 6.33 Å². The zero-order valence-corrected chi connectivity index (χ0v) is 20.7. The van der Waals surface area contributed by atoms with E-state index in [0.717, 1.165) is 66.6 Å². The number of aromatic amines is 1. The van der Waals surface area contributed by atoms with Crippen LogP contribution in [0.3, 0.4) is 0 Å². The number of pyridine rings is 1. The second-order valence-corrected chi connectivity index (χ2v) is 9.86. The monoisotopic (exact) mass is 498 g/mol. The molecule has 34 heavy (non-hydrogen) atoms. The minimum absolute atomic E-state index is 0.209. The molecule has 1 saturated heterocycles. The van der Waals surface area contributed by atoms with Crippen molar-refractivity contribution < 1.29 is 20.8 Å². The summed E-state index contributed by atoms with van der Waals surface area (Å²) < 4.78 is 7.29. The van der Waals surface area contributed by atoms with Crippen molar-refractivity contribution in [2.45, 2.75) is 25.2 Å². The van der Waals surface area contributed by atoms with E-state index in [1.807, 2.05) is 18.5 Å². The Bertz CT molecular complexity index is 1130. The second-order valence-electron chi connectivity index (χ2n) is 8.59. The Morgan fingerprint density at radius 3 is 2.94 bits per heavy atom. The van der Waals surface area contributed by atoms with Crippen molar-refractivity contribution in [3.8, 4) is 0 Å². The van der Waals surface area contributed by atoms with Gasteiger partial charge in [0.25, 0.3) is 0 Å². The normalized spacial score (nSPS) is 18.6. The highest BCUT2D eigenvalue weighted by Gasteiger charge is 2.35. The lowest BCUT2D eigenvalue weighted by Gasteiger charge is -2.35. The van der Waals surface area contributed by atoms with Gasteiger partial charge in [-0.25, -0.2) is 14.2 Å². The van der Waals surface area contributed by atoms with Crippen LogP contribution in [0.1, 0.15) is 46.8 Å². The van der Waals surface area contributed by atoms with Gasteiger partial charge < -0.3 is 10.3 Å². The van der Waals surface area contributed by atoms with Gasteiger partial charge in [-0.2, -0.15) is 0 Å². The summed E-state index contributed by atoms with van der Waals surface area (Å²) in [5.74, 6) is 0.681. The SMILES string of the molecule is COOSN1CCC(C2c3ccc([ClH+])cc3C(NCCc3cnc[nH]3)=Cc3cccnc32)CC1. The highest BCUT2D eigenvalue weighted by Crippen LogP contribution is 2.44. The molecule has 9 heteroatoms. The van der Waals surface area contributed by atoms with E-state index >= 15 is 0 Å². The molecule has 3 heterocycles. The lowest BCUT2D eigenvalue weighted by molar-refractivity contribution is -0.288. The van der Waals surface area contributed by atoms with Crippen LogP contribution in [0.2, 0.25) is 5.02 Å². The average molecular weight is 499 g/mol. The predicted molar refractivity (Wildman–Crippen MR) is 131 cm³/mol. The Hall–Kier alpha value is -2.36. The number of imidazole rings is 1. The molecule has 2 N–H and O–H groups in total. The van der Waals surface area contributed by atoms with Crippen molar-refractivity contribution in [3.05, 3.63) is 82.2 Å². The number of hydrogen-bond acceptors (Lipinski definition) is 7. The summed E-state index contributed by atoms with van der Waals surface area (Å²) in [5.41, 5.74) is 6.99. The standard InChI is InChI=1S/C25H29ClN5O2S/c1-32-33-34-31-11-7-17(8-12-31)24-21-5-4-19(26)14-22(21)23(13-18-3-2-9-29-25(18)24)28-10-6-20-15-27-16-30-20/h2-5,9,13-17,24,26,28H,6-8,10-12H2,1H3,(H,27,30)/q+1. The Morgan fingerprint density at radius 1 is 1.26 bits per heavy atom. The average Bonchev–Trinajstić information content (AvgIpc) is 3.34. The van der Waals surface area contributed by atoms with Crippen molar-refractivity contribution in [3.63, 3.8) is 0 Å². The van der Waals surface area contributed by atoms with Crippen LogP contribution >= 0.6 is 12.2 Å². The van der Waals surface area contributed by atoms with E-state index in [9.17, 15) is 0 Å². The topological polar surface area (TPSA) is 75.3 Å². The van der Waals surface area contributed by atoms with E-state index < -0.39 is 0 Å². The maximum atomic E-state index is 5.59. The van der Waals surface area contributed by atoms with Gasteiger partial charge >= 0.3 is 0 Å². The summed E-state index contributed by atoms with van der Waals surface area (Å²) in [4.78, 5) is 17.0. The molecule has 0 amide bonds. The third-order valence-electron chi connectivity index (χ3n) is 6.55. The summed E-state index contributed by atoms with van der Waals surface area (Å²) in [6, 6.07) is 10.6. The number of halogens is 1. The van der Waals surface area contributed by atoms with Crippen LogP contribution in [0.4, 0.5) is 0 Å². The van der Waals surface area contributed by atoms with Gasteiger partial charge in [0.1, 0.15) is 12.2 Å². The number of aromatic nitrogens is 3. The van der Waals surface area contributed by atoms with Crippen molar-refractivity contribution in [2.24, 2.45) is 5.92 Å². The van der Waals surface area contributed by atoms with Crippen LogP contribution < -0.4 is 5.32 Å². The predicted octanol–water partition coefficient (Wildman–Crippen LogP) is 4.13. The molecule has 0 saturated carbocycles. The smallest absolute Gasteiger partial charge is 0.226 e. The molecule has 7 nitrogen and oxygen atoms in total. The first-order chi connectivity index (χ1) is 16.7. The van der Waals surface area contributed by atoms with E-state index in [-0.39, 0.29) is 5.92 Å². The first-order valence-electron chi connectivity index (χ1n) is 11.5. The second kappa shape index (κ2) is 10.9. The quantitative estimate of drug-likeness (QED) is 0.209.